The predicted molar refractivity (Wildman–Crippen MR) is 93.5 cm³/mol. The Bertz CT molecular complexity index is 741. The highest BCUT2D eigenvalue weighted by Gasteiger charge is 2.40. The van der Waals surface area contributed by atoms with Gasteiger partial charge in [0.15, 0.2) is 0 Å². The Morgan fingerprint density at radius 1 is 1.04 bits per heavy atom. The number of ether oxygens (including phenoxy) is 1. The summed E-state index contributed by atoms with van der Waals surface area (Å²) in [5.41, 5.74) is 0.857. The van der Waals surface area contributed by atoms with E-state index in [4.69, 9.17) is 4.74 Å². The molecule has 25 heavy (non-hydrogen) atoms. The average molecular weight is 341 g/mol. The summed E-state index contributed by atoms with van der Waals surface area (Å²) in [6.07, 6.45) is 0.595. The summed E-state index contributed by atoms with van der Waals surface area (Å²) in [4.78, 5) is 2.19. The van der Waals surface area contributed by atoms with E-state index in [2.05, 4.69) is 4.90 Å². The van der Waals surface area contributed by atoms with E-state index >= 15 is 0 Å². The van der Waals surface area contributed by atoms with Gasteiger partial charge in [-0.3, -0.25) is 4.90 Å². The molecule has 2 aromatic rings. The van der Waals surface area contributed by atoms with Crippen molar-refractivity contribution in [1.29, 1.82) is 0 Å². The number of likely N-dealkylation sites (tertiary alicyclic amines) is 1. The van der Waals surface area contributed by atoms with E-state index in [-0.39, 0.29) is 11.8 Å². The Hall–Kier alpha value is -2.08. The third-order valence-electron chi connectivity index (χ3n) is 5.50. The minimum Gasteiger partial charge on any atom is -0.508 e. The molecule has 0 saturated carbocycles. The molecule has 3 N–H and O–H groups in total. The van der Waals surface area contributed by atoms with Crippen LogP contribution >= 0.6 is 0 Å². The highest BCUT2D eigenvalue weighted by molar-refractivity contribution is 5.43. The first-order chi connectivity index (χ1) is 12.1. The van der Waals surface area contributed by atoms with Crippen LogP contribution in [0.15, 0.2) is 48.5 Å². The standard InChI is InChI=1S/C20H23NO4/c22-15-6-7-16-18(12-15)25-13-17(19(16)23)21-10-8-20(24,9-11-21)14-4-2-1-3-5-14/h1-7,12,17,19,22-24H,8-11,13H2/t17-,19-/m1/s1. The molecule has 5 nitrogen and oxygen atoms in total. The van der Waals surface area contributed by atoms with Crippen molar-refractivity contribution in [3.05, 3.63) is 59.7 Å². The molecule has 0 aromatic heterocycles. The molecule has 132 valence electrons. The molecule has 2 heterocycles. The molecular weight excluding hydrogens is 318 g/mol. The van der Waals surface area contributed by atoms with Crippen molar-refractivity contribution in [2.75, 3.05) is 19.7 Å². The van der Waals surface area contributed by atoms with Gasteiger partial charge in [0.2, 0.25) is 0 Å². The highest BCUT2D eigenvalue weighted by Crippen LogP contribution is 2.39. The fourth-order valence-electron chi connectivity index (χ4n) is 3.93. The maximum absolute atomic E-state index is 11.0. The maximum Gasteiger partial charge on any atom is 0.128 e. The van der Waals surface area contributed by atoms with Crippen molar-refractivity contribution in [3.8, 4) is 11.5 Å². The number of aliphatic hydroxyl groups is 2. The normalized spacial score (nSPS) is 25.8. The van der Waals surface area contributed by atoms with Gasteiger partial charge in [-0.2, -0.15) is 0 Å². The first kappa shape index (κ1) is 16.4. The molecule has 0 amide bonds. The number of benzene rings is 2. The molecular formula is C20H23NO4. The number of phenols is 1. The third-order valence-corrected chi connectivity index (χ3v) is 5.50. The Kier molecular flexibility index (Phi) is 4.15. The van der Waals surface area contributed by atoms with Crippen LogP contribution in [-0.2, 0) is 5.60 Å². The summed E-state index contributed by atoms with van der Waals surface area (Å²) in [6.45, 7) is 1.77. The van der Waals surface area contributed by atoms with Crippen LogP contribution in [0, 0.1) is 0 Å². The molecule has 4 rings (SSSR count). The summed E-state index contributed by atoms with van der Waals surface area (Å²) in [7, 11) is 0. The number of hydrogen-bond donors (Lipinski definition) is 3. The quantitative estimate of drug-likeness (QED) is 0.781. The highest BCUT2D eigenvalue weighted by atomic mass is 16.5. The minimum absolute atomic E-state index is 0.135. The van der Waals surface area contributed by atoms with Crippen molar-refractivity contribution in [2.45, 2.75) is 30.6 Å². The van der Waals surface area contributed by atoms with Gasteiger partial charge < -0.3 is 20.1 Å². The SMILES string of the molecule is Oc1ccc2c(c1)OC[C@@H](N1CCC(O)(c3ccccc3)CC1)[C@@H]2O. The summed E-state index contributed by atoms with van der Waals surface area (Å²) in [5.74, 6) is 0.678. The molecule has 2 aliphatic rings. The fourth-order valence-corrected chi connectivity index (χ4v) is 3.93. The predicted octanol–water partition coefficient (Wildman–Crippen LogP) is 2.17. The van der Waals surface area contributed by atoms with Crippen LogP contribution in [0.4, 0.5) is 0 Å². The number of hydrogen-bond acceptors (Lipinski definition) is 5. The summed E-state index contributed by atoms with van der Waals surface area (Å²) < 4.78 is 5.75. The van der Waals surface area contributed by atoms with Gasteiger partial charge in [0.05, 0.1) is 11.6 Å². The van der Waals surface area contributed by atoms with Crippen LogP contribution in [0.25, 0.3) is 0 Å². The fraction of sp³-hybridized carbons (Fsp3) is 0.400. The number of fused-ring (bicyclic) bond motifs is 1. The van der Waals surface area contributed by atoms with Crippen molar-refractivity contribution in [1.82, 2.24) is 4.90 Å². The van der Waals surface area contributed by atoms with E-state index in [1.807, 2.05) is 30.3 Å². The number of aliphatic hydroxyl groups excluding tert-OH is 1. The molecule has 5 heteroatoms. The van der Waals surface area contributed by atoms with E-state index in [1.54, 1.807) is 18.2 Å². The molecule has 0 unspecified atom stereocenters. The molecule has 0 bridgehead atoms. The zero-order valence-corrected chi connectivity index (χ0v) is 14.0. The third kappa shape index (κ3) is 2.99. The number of rotatable bonds is 2. The van der Waals surface area contributed by atoms with E-state index in [1.165, 1.54) is 0 Å². The first-order valence-corrected chi connectivity index (χ1v) is 8.72. The first-order valence-electron chi connectivity index (χ1n) is 8.72. The summed E-state index contributed by atoms with van der Waals surface area (Å²) >= 11 is 0. The molecule has 0 radical (unpaired) electrons. The zero-order chi connectivity index (χ0) is 17.4. The van der Waals surface area contributed by atoms with Gasteiger partial charge in [0.1, 0.15) is 24.2 Å². The van der Waals surface area contributed by atoms with Crippen molar-refractivity contribution in [2.24, 2.45) is 0 Å². The smallest absolute Gasteiger partial charge is 0.128 e. The Morgan fingerprint density at radius 2 is 1.76 bits per heavy atom. The van der Waals surface area contributed by atoms with Crippen LogP contribution in [0.1, 0.15) is 30.1 Å². The lowest BCUT2D eigenvalue weighted by atomic mass is 9.83. The van der Waals surface area contributed by atoms with Crippen LogP contribution in [-0.4, -0.2) is 46.0 Å². The van der Waals surface area contributed by atoms with Gasteiger partial charge in [-0.15, -0.1) is 0 Å². The Labute approximate surface area is 147 Å². The second-order valence-electron chi connectivity index (χ2n) is 6.98. The van der Waals surface area contributed by atoms with Gasteiger partial charge >= 0.3 is 0 Å². The minimum atomic E-state index is -0.804. The van der Waals surface area contributed by atoms with E-state index in [0.29, 0.717) is 43.9 Å². The zero-order valence-electron chi connectivity index (χ0n) is 14.0. The molecule has 1 saturated heterocycles. The molecule has 2 aliphatic heterocycles. The Balaban J connectivity index is 1.47. The van der Waals surface area contributed by atoms with Crippen LogP contribution in [0.5, 0.6) is 11.5 Å². The van der Waals surface area contributed by atoms with Gasteiger partial charge in [-0.05, 0) is 30.5 Å². The Morgan fingerprint density at radius 3 is 2.48 bits per heavy atom. The monoisotopic (exact) mass is 341 g/mol. The number of piperidine rings is 1. The number of phenolic OH excluding ortho intramolecular Hbond substituents is 1. The number of aromatic hydroxyl groups is 1. The van der Waals surface area contributed by atoms with Crippen LogP contribution in [0.2, 0.25) is 0 Å². The van der Waals surface area contributed by atoms with Gasteiger partial charge in [-0.1, -0.05) is 30.3 Å². The topological polar surface area (TPSA) is 73.2 Å². The van der Waals surface area contributed by atoms with Crippen LogP contribution < -0.4 is 4.74 Å². The molecule has 2 atom stereocenters. The van der Waals surface area contributed by atoms with Crippen LogP contribution in [0.3, 0.4) is 0 Å². The maximum atomic E-state index is 11.0. The largest absolute Gasteiger partial charge is 0.508 e. The van der Waals surface area contributed by atoms with Gasteiger partial charge in [-0.25, -0.2) is 0 Å². The van der Waals surface area contributed by atoms with Crippen molar-refractivity contribution < 1.29 is 20.1 Å². The van der Waals surface area contributed by atoms with Gasteiger partial charge in [0, 0.05) is 24.7 Å². The second-order valence-corrected chi connectivity index (χ2v) is 6.98. The van der Waals surface area contributed by atoms with Crippen molar-refractivity contribution in [3.63, 3.8) is 0 Å². The number of nitrogens with zero attached hydrogens (tertiary/aromatic N) is 1. The molecule has 0 aliphatic carbocycles. The van der Waals surface area contributed by atoms with E-state index in [9.17, 15) is 15.3 Å². The van der Waals surface area contributed by atoms with E-state index in [0.717, 1.165) is 5.56 Å². The molecule has 2 aromatic carbocycles. The van der Waals surface area contributed by atoms with Gasteiger partial charge in [0.25, 0.3) is 0 Å². The van der Waals surface area contributed by atoms with Crippen molar-refractivity contribution >= 4 is 0 Å². The molecule has 0 spiro atoms. The summed E-state index contributed by atoms with van der Waals surface area (Å²) in [6, 6.07) is 14.5. The average Bonchev–Trinajstić information content (AvgIpc) is 2.64. The lowest BCUT2D eigenvalue weighted by Crippen LogP contribution is -2.52. The lowest BCUT2D eigenvalue weighted by Gasteiger charge is -2.44. The summed E-state index contributed by atoms with van der Waals surface area (Å²) in [5, 5.41) is 31.3. The molecule has 1 fully saturated rings. The van der Waals surface area contributed by atoms with E-state index < -0.39 is 11.7 Å². The second kappa shape index (κ2) is 6.33. The lowest BCUT2D eigenvalue weighted by molar-refractivity contribution is -0.0665.